The van der Waals surface area contributed by atoms with Crippen LogP contribution in [0.1, 0.15) is 33.4 Å². The number of amides is 2. The zero-order chi connectivity index (χ0) is 13.9. The van der Waals surface area contributed by atoms with Gasteiger partial charge < -0.3 is 10.4 Å². The van der Waals surface area contributed by atoms with E-state index in [1.165, 1.54) is 18.3 Å². The molecular weight excluding hydrogens is 254 g/mol. The summed E-state index contributed by atoms with van der Waals surface area (Å²) in [7, 11) is 0. The van der Waals surface area contributed by atoms with Crippen LogP contribution in [-0.4, -0.2) is 28.1 Å². The van der Waals surface area contributed by atoms with Crippen LogP contribution in [-0.2, 0) is 10.2 Å². The van der Waals surface area contributed by atoms with Crippen LogP contribution >= 0.6 is 11.3 Å². The van der Waals surface area contributed by atoms with E-state index in [4.69, 9.17) is 5.11 Å². The Morgan fingerprint density at radius 1 is 1.44 bits per heavy atom. The number of aromatic nitrogens is 1. The molecule has 0 spiro atoms. The van der Waals surface area contributed by atoms with Crippen molar-refractivity contribution in [3.63, 3.8) is 0 Å². The van der Waals surface area contributed by atoms with Gasteiger partial charge >= 0.3 is 12.0 Å². The van der Waals surface area contributed by atoms with Crippen molar-refractivity contribution in [3.8, 4) is 0 Å². The van der Waals surface area contributed by atoms with Crippen molar-refractivity contribution < 1.29 is 14.7 Å². The Hall–Kier alpha value is -1.63. The monoisotopic (exact) mass is 271 g/mol. The van der Waals surface area contributed by atoms with Gasteiger partial charge in [-0.2, -0.15) is 0 Å². The zero-order valence-corrected chi connectivity index (χ0v) is 11.6. The predicted molar refractivity (Wildman–Crippen MR) is 70.1 cm³/mol. The second kappa shape index (κ2) is 5.34. The summed E-state index contributed by atoms with van der Waals surface area (Å²) < 4.78 is 0. The number of hydrogen-bond acceptors (Lipinski definition) is 4. The molecule has 0 fully saturated rings. The summed E-state index contributed by atoms with van der Waals surface area (Å²) >= 11 is 1.31. The second-order valence-corrected chi connectivity index (χ2v) is 5.80. The van der Waals surface area contributed by atoms with E-state index in [0.717, 1.165) is 5.69 Å². The fraction of sp³-hybridized carbons (Fsp3) is 0.545. The number of aliphatic carboxylic acids is 1. The maximum Gasteiger partial charge on any atom is 0.325 e. The highest BCUT2D eigenvalue weighted by molar-refractivity contribution is 7.13. The molecule has 1 aromatic heterocycles. The molecule has 0 aliphatic carbocycles. The summed E-state index contributed by atoms with van der Waals surface area (Å²) in [6, 6.07) is -1.51. The molecule has 0 saturated carbocycles. The molecule has 0 saturated heterocycles. The van der Waals surface area contributed by atoms with E-state index < -0.39 is 18.0 Å². The second-order valence-electron chi connectivity index (χ2n) is 4.95. The number of anilines is 1. The number of nitrogens with zero attached hydrogens (tertiary/aromatic N) is 1. The molecule has 2 amide bonds. The molecule has 0 radical (unpaired) electrons. The van der Waals surface area contributed by atoms with Crippen LogP contribution < -0.4 is 10.6 Å². The number of urea groups is 1. The van der Waals surface area contributed by atoms with Gasteiger partial charge in [0.15, 0.2) is 5.13 Å². The average Bonchev–Trinajstić information content (AvgIpc) is 2.64. The third-order valence-corrected chi connectivity index (χ3v) is 2.97. The molecular formula is C11H17N3O3S. The highest BCUT2D eigenvalue weighted by Crippen LogP contribution is 2.26. The van der Waals surface area contributed by atoms with Crippen molar-refractivity contribution in [1.82, 2.24) is 10.3 Å². The average molecular weight is 271 g/mol. The van der Waals surface area contributed by atoms with Gasteiger partial charge in [-0.1, -0.05) is 20.8 Å². The third-order valence-electron chi connectivity index (χ3n) is 2.21. The Labute approximate surface area is 109 Å². The molecule has 1 heterocycles. The first-order chi connectivity index (χ1) is 8.20. The SMILES string of the molecule is C[C@H](NC(=O)Nc1nc(C(C)(C)C)cs1)C(=O)O. The lowest BCUT2D eigenvalue weighted by atomic mass is 9.93. The standard InChI is InChI=1S/C11H17N3O3S/c1-6(8(15)16)12-9(17)14-10-13-7(5-18-10)11(2,3)4/h5-6H,1-4H3,(H,15,16)(H2,12,13,14,17)/t6-/m0/s1. The van der Waals surface area contributed by atoms with Crippen molar-refractivity contribution in [2.75, 3.05) is 5.32 Å². The Morgan fingerprint density at radius 2 is 2.06 bits per heavy atom. The maximum absolute atomic E-state index is 11.5. The molecule has 7 heteroatoms. The maximum atomic E-state index is 11.5. The Balaban J connectivity index is 2.60. The summed E-state index contributed by atoms with van der Waals surface area (Å²) in [4.78, 5) is 26.3. The van der Waals surface area contributed by atoms with Gasteiger partial charge in [0.1, 0.15) is 6.04 Å². The van der Waals surface area contributed by atoms with Gasteiger partial charge in [-0.05, 0) is 6.92 Å². The first kappa shape index (κ1) is 14.4. The van der Waals surface area contributed by atoms with E-state index in [-0.39, 0.29) is 5.41 Å². The van der Waals surface area contributed by atoms with Crippen LogP contribution in [0, 0.1) is 0 Å². The van der Waals surface area contributed by atoms with Crippen LogP contribution in [0.25, 0.3) is 0 Å². The number of carboxylic acid groups (broad SMARTS) is 1. The quantitative estimate of drug-likeness (QED) is 0.784. The molecule has 18 heavy (non-hydrogen) atoms. The minimum absolute atomic E-state index is 0.0821. The summed E-state index contributed by atoms with van der Waals surface area (Å²) in [6.45, 7) is 7.47. The Morgan fingerprint density at radius 3 is 2.50 bits per heavy atom. The third kappa shape index (κ3) is 3.99. The van der Waals surface area contributed by atoms with Crippen molar-refractivity contribution in [3.05, 3.63) is 11.1 Å². The number of thiazole rings is 1. The van der Waals surface area contributed by atoms with Gasteiger partial charge in [0.05, 0.1) is 5.69 Å². The lowest BCUT2D eigenvalue weighted by Gasteiger charge is -2.14. The zero-order valence-electron chi connectivity index (χ0n) is 10.8. The van der Waals surface area contributed by atoms with E-state index >= 15 is 0 Å². The van der Waals surface area contributed by atoms with E-state index in [1.54, 1.807) is 0 Å². The minimum atomic E-state index is -1.08. The van der Waals surface area contributed by atoms with Gasteiger partial charge in [-0.25, -0.2) is 9.78 Å². The molecule has 1 atom stereocenters. The molecule has 0 bridgehead atoms. The fourth-order valence-corrected chi connectivity index (χ4v) is 2.00. The van der Waals surface area contributed by atoms with Gasteiger partial charge in [0.25, 0.3) is 0 Å². The van der Waals surface area contributed by atoms with Gasteiger partial charge in [0.2, 0.25) is 0 Å². The smallest absolute Gasteiger partial charge is 0.325 e. The lowest BCUT2D eigenvalue weighted by molar-refractivity contribution is -0.138. The number of nitrogens with one attached hydrogen (secondary N) is 2. The number of carbonyl (C=O) groups is 2. The highest BCUT2D eigenvalue weighted by atomic mass is 32.1. The van der Waals surface area contributed by atoms with Crippen LogP contribution in [0.2, 0.25) is 0 Å². The van der Waals surface area contributed by atoms with E-state index in [1.807, 2.05) is 26.2 Å². The van der Waals surface area contributed by atoms with Crippen LogP contribution in [0.15, 0.2) is 5.38 Å². The van der Waals surface area contributed by atoms with Crippen molar-refractivity contribution in [2.24, 2.45) is 0 Å². The van der Waals surface area contributed by atoms with Crippen molar-refractivity contribution >= 4 is 28.5 Å². The summed E-state index contributed by atoms with van der Waals surface area (Å²) in [5.41, 5.74) is 0.801. The number of hydrogen-bond donors (Lipinski definition) is 3. The van der Waals surface area contributed by atoms with Crippen LogP contribution in [0.5, 0.6) is 0 Å². The Kier molecular flexibility index (Phi) is 4.28. The normalized spacial score (nSPS) is 12.9. The minimum Gasteiger partial charge on any atom is -0.480 e. The first-order valence-corrected chi connectivity index (χ1v) is 6.34. The molecule has 6 nitrogen and oxygen atoms in total. The molecule has 1 aromatic rings. The molecule has 1 rings (SSSR count). The summed E-state index contributed by atoms with van der Waals surface area (Å²) in [5.74, 6) is -1.08. The number of carbonyl (C=O) groups excluding carboxylic acids is 1. The van der Waals surface area contributed by atoms with E-state index in [2.05, 4.69) is 15.6 Å². The van der Waals surface area contributed by atoms with E-state index in [9.17, 15) is 9.59 Å². The van der Waals surface area contributed by atoms with Crippen LogP contribution in [0.4, 0.5) is 9.93 Å². The topological polar surface area (TPSA) is 91.3 Å². The summed E-state index contributed by atoms with van der Waals surface area (Å²) in [6.07, 6.45) is 0. The molecule has 0 unspecified atom stereocenters. The lowest BCUT2D eigenvalue weighted by Crippen LogP contribution is -2.40. The molecule has 0 aliphatic rings. The largest absolute Gasteiger partial charge is 0.480 e. The van der Waals surface area contributed by atoms with Gasteiger partial charge in [-0.3, -0.25) is 10.1 Å². The number of carboxylic acids is 1. The fourth-order valence-electron chi connectivity index (χ4n) is 1.07. The van der Waals surface area contributed by atoms with Crippen LogP contribution in [0.3, 0.4) is 0 Å². The van der Waals surface area contributed by atoms with Crippen molar-refractivity contribution in [2.45, 2.75) is 39.2 Å². The van der Waals surface area contributed by atoms with Gasteiger partial charge in [-0.15, -0.1) is 11.3 Å². The molecule has 0 aromatic carbocycles. The van der Waals surface area contributed by atoms with E-state index in [0.29, 0.717) is 5.13 Å². The molecule has 0 aliphatic heterocycles. The van der Waals surface area contributed by atoms with Crippen molar-refractivity contribution in [1.29, 1.82) is 0 Å². The predicted octanol–water partition coefficient (Wildman–Crippen LogP) is 2.04. The van der Waals surface area contributed by atoms with Gasteiger partial charge in [0, 0.05) is 10.8 Å². The highest BCUT2D eigenvalue weighted by Gasteiger charge is 2.19. The summed E-state index contributed by atoms with van der Waals surface area (Å²) in [5, 5.41) is 15.8. The first-order valence-electron chi connectivity index (χ1n) is 5.46. The molecule has 3 N–H and O–H groups in total. The Bertz CT molecular complexity index is 451. The number of rotatable bonds is 3. The molecule has 100 valence electrons.